The lowest BCUT2D eigenvalue weighted by molar-refractivity contribution is -0.132. The van der Waals surface area contributed by atoms with Crippen LogP contribution in [0.4, 0.5) is 0 Å². The number of nitrogens with one attached hydrogen (secondary N) is 1. The Kier molecular flexibility index (Phi) is 8.19. The molecule has 1 aromatic carbocycles. The van der Waals surface area contributed by atoms with Crippen LogP contribution >= 0.6 is 11.3 Å². The van der Waals surface area contributed by atoms with Gasteiger partial charge in [0, 0.05) is 24.0 Å². The molecule has 1 heterocycles. The number of hydrogen-bond acceptors (Lipinski definition) is 5. The van der Waals surface area contributed by atoms with Gasteiger partial charge in [-0.25, -0.2) is 4.98 Å². The van der Waals surface area contributed by atoms with E-state index in [1.807, 2.05) is 57.3 Å². The molecule has 1 N–H and O–H groups in total. The summed E-state index contributed by atoms with van der Waals surface area (Å²) in [6.45, 7) is 8.51. The number of rotatable bonds is 9. The van der Waals surface area contributed by atoms with Crippen molar-refractivity contribution in [2.45, 2.75) is 40.3 Å². The van der Waals surface area contributed by atoms with Crippen molar-refractivity contribution < 1.29 is 14.3 Å². The average molecular weight is 402 g/mol. The highest BCUT2D eigenvalue weighted by atomic mass is 32.1. The quantitative estimate of drug-likeness (QED) is 0.654. The minimum atomic E-state index is -0.203. The van der Waals surface area contributed by atoms with Crippen molar-refractivity contribution in [3.63, 3.8) is 0 Å². The van der Waals surface area contributed by atoms with E-state index >= 15 is 0 Å². The van der Waals surface area contributed by atoms with Gasteiger partial charge in [0.25, 0.3) is 0 Å². The molecule has 0 saturated heterocycles. The summed E-state index contributed by atoms with van der Waals surface area (Å²) >= 11 is 1.59. The van der Waals surface area contributed by atoms with Gasteiger partial charge in [0.15, 0.2) is 0 Å². The van der Waals surface area contributed by atoms with Crippen LogP contribution in [0.15, 0.2) is 35.7 Å². The van der Waals surface area contributed by atoms with Crippen LogP contribution in [0.5, 0.6) is 5.75 Å². The van der Waals surface area contributed by atoms with Gasteiger partial charge >= 0.3 is 0 Å². The van der Waals surface area contributed by atoms with Gasteiger partial charge in [-0.3, -0.25) is 9.59 Å². The van der Waals surface area contributed by atoms with Crippen molar-refractivity contribution in [3.05, 3.63) is 52.0 Å². The topological polar surface area (TPSA) is 71.5 Å². The Morgan fingerprint density at radius 2 is 2.14 bits per heavy atom. The molecule has 0 aliphatic carbocycles. The highest BCUT2D eigenvalue weighted by Gasteiger charge is 2.13. The molecule has 28 heavy (non-hydrogen) atoms. The third-order valence-electron chi connectivity index (χ3n) is 3.81. The van der Waals surface area contributed by atoms with Gasteiger partial charge in [-0.15, -0.1) is 11.3 Å². The van der Waals surface area contributed by atoms with Crippen LogP contribution in [0.25, 0.3) is 6.08 Å². The first-order valence-electron chi connectivity index (χ1n) is 9.27. The first-order valence-corrected chi connectivity index (χ1v) is 10.2. The summed E-state index contributed by atoms with van der Waals surface area (Å²) in [5.41, 5.74) is 1.75. The first-order chi connectivity index (χ1) is 13.4. The van der Waals surface area contributed by atoms with Gasteiger partial charge in [0.2, 0.25) is 11.8 Å². The second-order valence-electron chi connectivity index (χ2n) is 6.63. The van der Waals surface area contributed by atoms with Crippen molar-refractivity contribution in [2.75, 3.05) is 13.1 Å². The standard InChI is InChI=1S/C21H27N3O3S/c1-5-24(12-20(25)22-15(2)3)21(26)10-9-17-7-6-8-19(11-17)27-13-18-14-28-16(4)23-18/h6-11,14-15H,5,12-13H2,1-4H3,(H,22,25)/b10-9+. The zero-order valence-corrected chi connectivity index (χ0v) is 17.6. The Labute approximate surface area is 170 Å². The zero-order chi connectivity index (χ0) is 20.5. The van der Waals surface area contributed by atoms with E-state index in [9.17, 15) is 9.59 Å². The highest BCUT2D eigenvalue weighted by molar-refractivity contribution is 7.09. The molecule has 0 aliphatic heterocycles. The van der Waals surface area contributed by atoms with Crippen LogP contribution in [-0.2, 0) is 16.2 Å². The molecule has 0 unspecified atom stereocenters. The van der Waals surface area contributed by atoms with Crippen molar-refractivity contribution in [1.29, 1.82) is 0 Å². The predicted octanol–water partition coefficient (Wildman–Crippen LogP) is 3.42. The molecule has 7 heteroatoms. The minimum absolute atomic E-state index is 0.0489. The predicted molar refractivity (Wildman–Crippen MR) is 112 cm³/mol. The third-order valence-corrected chi connectivity index (χ3v) is 4.63. The molecule has 2 amide bonds. The fourth-order valence-electron chi connectivity index (χ4n) is 2.50. The summed E-state index contributed by atoms with van der Waals surface area (Å²) in [5.74, 6) is 0.348. The summed E-state index contributed by atoms with van der Waals surface area (Å²) in [5, 5.41) is 5.78. The van der Waals surface area contributed by atoms with Crippen molar-refractivity contribution >= 4 is 29.2 Å². The number of aryl methyl sites for hydroxylation is 1. The summed E-state index contributed by atoms with van der Waals surface area (Å²) in [6.07, 6.45) is 3.21. The Bertz CT molecular complexity index is 830. The van der Waals surface area contributed by atoms with E-state index < -0.39 is 0 Å². The maximum atomic E-state index is 12.4. The van der Waals surface area contributed by atoms with Gasteiger partial charge in [0.05, 0.1) is 17.2 Å². The summed E-state index contributed by atoms with van der Waals surface area (Å²) < 4.78 is 5.77. The van der Waals surface area contributed by atoms with E-state index in [4.69, 9.17) is 4.74 Å². The monoisotopic (exact) mass is 401 g/mol. The number of carbonyl (C=O) groups is 2. The third kappa shape index (κ3) is 7.15. The Morgan fingerprint density at radius 1 is 1.36 bits per heavy atom. The molecule has 1 aromatic heterocycles. The summed E-state index contributed by atoms with van der Waals surface area (Å²) in [6, 6.07) is 7.55. The van der Waals surface area contributed by atoms with Gasteiger partial charge in [-0.05, 0) is 51.5 Å². The molecule has 150 valence electrons. The zero-order valence-electron chi connectivity index (χ0n) is 16.8. The van der Waals surface area contributed by atoms with E-state index in [-0.39, 0.29) is 24.4 Å². The molecule has 2 rings (SSSR count). The van der Waals surface area contributed by atoms with Gasteiger partial charge < -0.3 is 15.0 Å². The molecule has 6 nitrogen and oxygen atoms in total. The maximum Gasteiger partial charge on any atom is 0.247 e. The number of ether oxygens (including phenoxy) is 1. The number of likely N-dealkylation sites (N-methyl/N-ethyl adjacent to an activating group) is 1. The number of thiazole rings is 1. The Hall–Kier alpha value is -2.67. The molecule has 0 saturated carbocycles. The van der Waals surface area contributed by atoms with Gasteiger partial charge in [-0.1, -0.05) is 12.1 Å². The molecular weight excluding hydrogens is 374 g/mol. The lowest BCUT2D eigenvalue weighted by Crippen LogP contribution is -2.42. The number of aromatic nitrogens is 1. The number of amides is 2. The van der Waals surface area contributed by atoms with E-state index in [1.165, 1.54) is 11.0 Å². The van der Waals surface area contributed by atoms with E-state index in [0.717, 1.165) is 16.3 Å². The normalized spacial score (nSPS) is 11.0. The fourth-order valence-corrected chi connectivity index (χ4v) is 3.10. The van der Waals surface area contributed by atoms with Gasteiger partial charge in [-0.2, -0.15) is 0 Å². The Morgan fingerprint density at radius 3 is 2.79 bits per heavy atom. The molecule has 0 atom stereocenters. The number of nitrogens with zero attached hydrogens (tertiary/aromatic N) is 2. The molecule has 0 spiro atoms. The lowest BCUT2D eigenvalue weighted by atomic mass is 10.2. The molecule has 2 aromatic rings. The van der Waals surface area contributed by atoms with E-state index in [0.29, 0.717) is 18.9 Å². The molecule has 0 radical (unpaired) electrons. The van der Waals surface area contributed by atoms with Crippen LogP contribution in [0.3, 0.4) is 0 Å². The van der Waals surface area contributed by atoms with E-state index in [1.54, 1.807) is 17.4 Å². The summed E-state index contributed by atoms with van der Waals surface area (Å²) in [7, 11) is 0. The van der Waals surface area contributed by atoms with E-state index in [2.05, 4.69) is 10.3 Å². The molecule has 0 aliphatic rings. The fraction of sp³-hybridized carbons (Fsp3) is 0.381. The van der Waals surface area contributed by atoms with Crippen molar-refractivity contribution in [2.24, 2.45) is 0 Å². The van der Waals surface area contributed by atoms with Crippen LogP contribution < -0.4 is 10.1 Å². The van der Waals surface area contributed by atoms with Crippen LogP contribution in [0.1, 0.15) is 37.0 Å². The smallest absolute Gasteiger partial charge is 0.247 e. The lowest BCUT2D eigenvalue weighted by Gasteiger charge is -2.19. The van der Waals surface area contributed by atoms with Crippen molar-refractivity contribution in [1.82, 2.24) is 15.2 Å². The SMILES string of the molecule is CCN(CC(=O)NC(C)C)C(=O)/C=C/c1cccc(OCc2csc(C)n2)c1. The van der Waals surface area contributed by atoms with Crippen LogP contribution in [0.2, 0.25) is 0 Å². The maximum absolute atomic E-state index is 12.4. The highest BCUT2D eigenvalue weighted by Crippen LogP contribution is 2.17. The number of carbonyl (C=O) groups excluding carboxylic acids is 2. The second kappa shape index (κ2) is 10.6. The second-order valence-corrected chi connectivity index (χ2v) is 7.69. The Balaban J connectivity index is 1.94. The largest absolute Gasteiger partial charge is 0.487 e. The van der Waals surface area contributed by atoms with Crippen LogP contribution in [-0.4, -0.2) is 40.8 Å². The number of hydrogen-bond donors (Lipinski definition) is 1. The van der Waals surface area contributed by atoms with Crippen LogP contribution in [0, 0.1) is 6.92 Å². The summed E-state index contributed by atoms with van der Waals surface area (Å²) in [4.78, 5) is 30.1. The first kappa shape index (κ1) is 21.6. The molecule has 0 bridgehead atoms. The average Bonchev–Trinajstić information content (AvgIpc) is 3.07. The van der Waals surface area contributed by atoms with Crippen molar-refractivity contribution in [3.8, 4) is 5.75 Å². The minimum Gasteiger partial charge on any atom is -0.487 e. The van der Waals surface area contributed by atoms with Gasteiger partial charge in [0.1, 0.15) is 12.4 Å². The number of benzene rings is 1. The molecular formula is C21H27N3O3S. The molecule has 0 fully saturated rings.